The van der Waals surface area contributed by atoms with Crippen molar-refractivity contribution in [2.45, 2.75) is 216 Å². The minimum absolute atomic E-state index is 0. The fourth-order valence-corrected chi connectivity index (χ4v) is 11.9. The summed E-state index contributed by atoms with van der Waals surface area (Å²) < 4.78 is 31.8. The van der Waals surface area contributed by atoms with Gasteiger partial charge in [-0.1, -0.05) is 227 Å². The zero-order valence-electron chi connectivity index (χ0n) is 59.7. The number of rotatable bonds is 6. The van der Waals surface area contributed by atoms with Crippen LogP contribution >= 0.6 is 0 Å². The molecule has 0 saturated heterocycles. The second kappa shape index (κ2) is 21.9. The van der Waals surface area contributed by atoms with Gasteiger partial charge < -0.3 is 9.67 Å². The Hall–Kier alpha value is -6.55. The Labute approximate surface area is 541 Å². The van der Waals surface area contributed by atoms with Gasteiger partial charge in [0.2, 0.25) is 0 Å². The molecule has 3 heterocycles. The number of phenolic OH excluding ortho intramolecular Hbond substituents is 1. The first-order valence-corrected chi connectivity index (χ1v) is 31.1. The Kier molecular flexibility index (Phi) is 15.3. The maximum Gasteiger partial charge on any atom is 0.148 e. The van der Waals surface area contributed by atoms with E-state index in [-0.39, 0.29) is 70.3 Å². The van der Waals surface area contributed by atoms with Crippen LogP contribution in [0.5, 0.6) is 5.75 Å². The molecule has 0 aliphatic heterocycles. The number of aryl methyl sites for hydroxylation is 1. The number of benzene rings is 7. The van der Waals surface area contributed by atoms with Gasteiger partial charge in [0.15, 0.2) is 0 Å². The molecule has 1 N–H and O–H groups in total. The summed E-state index contributed by atoms with van der Waals surface area (Å²) in [5.41, 5.74) is 18.7. The van der Waals surface area contributed by atoms with E-state index in [2.05, 4.69) is 278 Å². The third kappa shape index (κ3) is 12.6. The first-order chi connectivity index (χ1) is 40.7. The number of imidazole rings is 1. The van der Waals surface area contributed by atoms with Crippen LogP contribution in [0.25, 0.3) is 89.1 Å². The average Bonchev–Trinajstić information content (AvgIpc) is 1.55. The van der Waals surface area contributed by atoms with Gasteiger partial charge in [-0.05, 0) is 155 Å². The van der Waals surface area contributed by atoms with E-state index in [1.54, 1.807) is 12.1 Å². The smallest absolute Gasteiger partial charge is 0.148 e. The number of nitrogens with zero attached hydrogens (tertiary/aromatic N) is 4. The summed E-state index contributed by atoms with van der Waals surface area (Å²) in [6.07, 6.45) is 1.86. The fourth-order valence-electron chi connectivity index (χ4n) is 11.9. The number of pyridine rings is 1. The van der Waals surface area contributed by atoms with Crippen LogP contribution in [-0.4, -0.2) is 24.2 Å². The molecule has 0 aliphatic carbocycles. The molecule has 458 valence electrons. The Morgan fingerprint density at radius 2 is 0.908 bits per heavy atom. The average molecular weight is 1340 g/mol. The van der Waals surface area contributed by atoms with Gasteiger partial charge in [0.05, 0.1) is 27.6 Å². The minimum Gasteiger partial charge on any atom is -0.507 e. The topological polar surface area (TPSA) is 55.9 Å². The molecule has 87 heavy (non-hydrogen) atoms. The summed E-state index contributed by atoms with van der Waals surface area (Å²) >= 11 is 0. The molecule has 5 nitrogen and oxygen atoms in total. The molecular formula is C81H97N4OPt-. The van der Waals surface area contributed by atoms with Crippen molar-refractivity contribution in [1.29, 1.82) is 0 Å². The fraction of sp³-hybridized carbons (Fsp3) is 0.407. The third-order valence-corrected chi connectivity index (χ3v) is 17.6. The van der Waals surface area contributed by atoms with E-state index in [9.17, 15) is 5.11 Å². The van der Waals surface area contributed by atoms with Crippen LogP contribution in [0.4, 0.5) is 0 Å². The summed E-state index contributed by atoms with van der Waals surface area (Å²) in [4.78, 5) is 10.8. The minimum atomic E-state index is -2.48. The number of phenols is 1. The second-order valence-electron chi connectivity index (χ2n) is 33.0. The van der Waals surface area contributed by atoms with Gasteiger partial charge >= 0.3 is 0 Å². The van der Waals surface area contributed by atoms with E-state index in [1.165, 1.54) is 44.2 Å². The third-order valence-electron chi connectivity index (χ3n) is 17.6. The molecule has 10 rings (SSSR count). The van der Waals surface area contributed by atoms with Crippen LogP contribution in [0.2, 0.25) is 0 Å². The van der Waals surface area contributed by atoms with Crippen LogP contribution in [0.15, 0.2) is 128 Å². The molecule has 0 radical (unpaired) electrons. The number of aromatic hydroxyl groups is 1. The molecule has 7 aromatic carbocycles. The monoisotopic (exact) mass is 1340 g/mol. The molecule has 0 aliphatic rings. The van der Waals surface area contributed by atoms with Gasteiger partial charge in [-0.3, -0.25) is 9.55 Å². The molecule has 3 aromatic heterocycles. The quantitative estimate of drug-likeness (QED) is 0.169. The van der Waals surface area contributed by atoms with Crippen LogP contribution in [-0.2, 0) is 64.4 Å². The maximum absolute atomic E-state index is 12.7. The SMILES string of the molecule is [2H]C([2H])([2H])c1cc(-c2cc(-c3cc(C(C)(C)C)cc4c5cc(C(C)(C)C)ccc5n(-c5cc(C(C)(C)C)cc(C(C)(C)C)c5)c34)ccn2)[c-]c(-c2cccc3c2nc(-c2cc(C(C)(C)C)cc(C(C)(C)C)c2O)n3-c2cc(C(C)(C)C)cc(C(C)(C)C)c2)c1.[Pt]. The second-order valence-corrected chi connectivity index (χ2v) is 33.0. The Morgan fingerprint density at radius 3 is 1.43 bits per heavy atom. The predicted molar refractivity (Wildman–Crippen MR) is 370 cm³/mol. The van der Waals surface area contributed by atoms with E-state index in [0.717, 1.165) is 50.2 Å². The van der Waals surface area contributed by atoms with Gasteiger partial charge in [-0.25, -0.2) is 4.98 Å². The van der Waals surface area contributed by atoms with Crippen molar-refractivity contribution in [3.8, 4) is 62.0 Å². The van der Waals surface area contributed by atoms with E-state index in [0.29, 0.717) is 39.3 Å². The molecular weight excluding hydrogens is 1240 g/mol. The predicted octanol–water partition coefficient (Wildman–Crippen LogP) is 22.4. The first kappa shape index (κ1) is 60.7. The van der Waals surface area contributed by atoms with E-state index in [4.69, 9.17) is 14.1 Å². The van der Waals surface area contributed by atoms with Crippen LogP contribution in [0.1, 0.15) is 220 Å². The van der Waals surface area contributed by atoms with E-state index >= 15 is 0 Å². The number of hydrogen-bond acceptors (Lipinski definition) is 3. The van der Waals surface area contributed by atoms with Crippen molar-refractivity contribution in [2.24, 2.45) is 0 Å². The largest absolute Gasteiger partial charge is 0.507 e. The molecule has 0 spiro atoms. The molecule has 0 bridgehead atoms. The van der Waals surface area contributed by atoms with Crippen molar-refractivity contribution in [3.63, 3.8) is 0 Å². The van der Waals surface area contributed by atoms with Crippen LogP contribution in [0, 0.1) is 12.9 Å². The molecule has 0 fully saturated rings. The molecule has 0 amide bonds. The summed E-state index contributed by atoms with van der Waals surface area (Å²) in [6, 6.07) is 47.7. The summed E-state index contributed by atoms with van der Waals surface area (Å²) in [5.74, 6) is 0.772. The Balaban J connectivity index is 0.00000960. The van der Waals surface area contributed by atoms with Gasteiger partial charge in [0, 0.05) is 70.3 Å². The summed E-state index contributed by atoms with van der Waals surface area (Å²) in [6.45, 7) is 51.5. The zero-order valence-corrected chi connectivity index (χ0v) is 58.9. The van der Waals surface area contributed by atoms with Gasteiger partial charge in [-0.2, -0.15) is 0 Å². The standard InChI is InChI=1S/C81H97N4O.Pt/c1-48-33-50(61-27-26-28-69-70(61)83-73(65-46-58(80(20,21)22)47-66(72(65)86)81(23,24)25)85(69)60-41-55(77(11,12)13)38-56(42-60)78(14,15)16)35-51(34-48)67-36-49(31-32-82-67)62-44-57(79(17,18)19)45-64-63-43-52(74(2,3)4)29-30-68(63)84(71(62)64)59-39-53(75(5,6)7)37-54(40-59)76(8,9)10;/h26-34,36-47,86H,1-25H3;/q-1;/i1D3;. The molecule has 0 atom stereocenters. The van der Waals surface area contributed by atoms with Crippen molar-refractivity contribution in [3.05, 3.63) is 184 Å². The number of fused-ring (bicyclic) bond motifs is 4. The van der Waals surface area contributed by atoms with Gasteiger partial charge in [-0.15, -0.1) is 29.3 Å². The Bertz CT molecular complexity index is 4370. The number of hydrogen-bond donors (Lipinski definition) is 1. The number of para-hydroxylation sites is 1. The Morgan fingerprint density at radius 1 is 0.425 bits per heavy atom. The van der Waals surface area contributed by atoms with Crippen molar-refractivity contribution < 1.29 is 30.3 Å². The summed E-state index contributed by atoms with van der Waals surface area (Å²) in [7, 11) is 0. The summed E-state index contributed by atoms with van der Waals surface area (Å²) in [5, 5.41) is 15.1. The van der Waals surface area contributed by atoms with Crippen molar-refractivity contribution >= 4 is 32.8 Å². The van der Waals surface area contributed by atoms with Crippen molar-refractivity contribution in [1.82, 2.24) is 19.1 Å². The molecule has 10 aromatic rings. The van der Waals surface area contributed by atoms with E-state index < -0.39 is 12.3 Å². The zero-order chi connectivity index (χ0) is 65.6. The number of aromatic nitrogens is 4. The molecule has 6 heteroatoms. The van der Waals surface area contributed by atoms with E-state index in [1.807, 2.05) is 18.3 Å². The molecule has 0 saturated carbocycles. The first-order valence-electron chi connectivity index (χ1n) is 32.6. The normalized spacial score (nSPS) is 14.0. The van der Waals surface area contributed by atoms with Crippen molar-refractivity contribution in [2.75, 3.05) is 0 Å². The molecule has 0 unspecified atom stereocenters. The maximum atomic E-state index is 12.7. The van der Waals surface area contributed by atoms with Gasteiger partial charge in [0.1, 0.15) is 11.6 Å². The van der Waals surface area contributed by atoms with Crippen LogP contribution < -0.4 is 0 Å². The van der Waals surface area contributed by atoms with Crippen LogP contribution in [0.3, 0.4) is 0 Å². The van der Waals surface area contributed by atoms with Gasteiger partial charge in [0.25, 0.3) is 0 Å².